The molecular weight excluding hydrogens is 316 g/mol. The highest BCUT2D eigenvalue weighted by Gasteiger charge is 2.12. The molecule has 0 unspecified atom stereocenters. The van der Waals surface area contributed by atoms with Crippen LogP contribution in [0.25, 0.3) is 10.2 Å². The molecule has 0 bridgehead atoms. The van der Waals surface area contributed by atoms with Crippen LogP contribution < -0.4 is 14.9 Å². The van der Waals surface area contributed by atoms with Gasteiger partial charge in [-0.15, -0.1) is 0 Å². The van der Waals surface area contributed by atoms with Crippen LogP contribution in [0.5, 0.6) is 5.88 Å². The molecule has 1 amide bonds. The smallest absolute Gasteiger partial charge is 0.308 e. The van der Waals surface area contributed by atoms with E-state index in [1.807, 2.05) is 24.3 Å². The summed E-state index contributed by atoms with van der Waals surface area (Å²) in [7, 11) is 1.49. The van der Waals surface area contributed by atoms with Gasteiger partial charge in [0.1, 0.15) is 6.54 Å². The van der Waals surface area contributed by atoms with Crippen molar-refractivity contribution < 1.29 is 9.53 Å². The lowest BCUT2D eigenvalue weighted by molar-refractivity contribution is -0.116. The second-order valence-electron chi connectivity index (χ2n) is 4.85. The highest BCUT2D eigenvalue weighted by Crippen LogP contribution is 2.16. The van der Waals surface area contributed by atoms with Gasteiger partial charge in [0.25, 0.3) is 0 Å². The van der Waals surface area contributed by atoms with Crippen LogP contribution in [0.1, 0.15) is 5.69 Å². The van der Waals surface area contributed by atoms with Crippen LogP contribution in [-0.4, -0.2) is 27.6 Å². The number of aryl methyl sites for hydroxylation is 1. The summed E-state index contributed by atoms with van der Waals surface area (Å²) < 4.78 is 7.32. The first-order valence-electron chi connectivity index (χ1n) is 6.84. The monoisotopic (exact) mass is 330 g/mol. The molecule has 2 aromatic heterocycles. The molecule has 1 N–H and O–H groups in total. The van der Waals surface area contributed by atoms with Crippen molar-refractivity contribution in [1.82, 2.24) is 14.5 Å². The number of para-hydroxylation sites is 1. The van der Waals surface area contributed by atoms with Crippen LogP contribution in [0.15, 0.2) is 35.1 Å². The molecule has 0 fully saturated rings. The molecule has 23 heavy (non-hydrogen) atoms. The molecule has 0 spiro atoms. The Morgan fingerprint density at radius 3 is 2.91 bits per heavy atom. The molecule has 1 aromatic carbocycles. The van der Waals surface area contributed by atoms with Crippen LogP contribution in [0.4, 0.5) is 5.95 Å². The number of nitrogens with one attached hydrogen (secondary N) is 1. The number of nitrogens with zero attached hydrogens (tertiary/aromatic N) is 3. The highest BCUT2D eigenvalue weighted by atomic mass is 32.1. The predicted molar refractivity (Wildman–Crippen MR) is 88.0 cm³/mol. The summed E-state index contributed by atoms with van der Waals surface area (Å²) in [6, 6.07) is 9.01. The molecule has 0 saturated carbocycles. The van der Waals surface area contributed by atoms with E-state index in [1.54, 1.807) is 13.0 Å². The molecular formula is C15H14N4O3S. The number of aromatic nitrogens is 3. The Morgan fingerprint density at radius 1 is 1.35 bits per heavy atom. The number of amides is 1. The van der Waals surface area contributed by atoms with Crippen molar-refractivity contribution in [2.75, 3.05) is 12.4 Å². The first-order chi connectivity index (χ1) is 11.1. The van der Waals surface area contributed by atoms with Gasteiger partial charge in [-0.1, -0.05) is 23.5 Å². The zero-order chi connectivity index (χ0) is 16.4. The van der Waals surface area contributed by atoms with Crippen LogP contribution >= 0.6 is 11.3 Å². The summed E-state index contributed by atoms with van der Waals surface area (Å²) in [4.78, 5) is 32.2. The van der Waals surface area contributed by atoms with E-state index in [-0.39, 0.29) is 23.3 Å². The number of ether oxygens (including phenoxy) is 1. The van der Waals surface area contributed by atoms with Gasteiger partial charge in [0, 0.05) is 11.8 Å². The van der Waals surface area contributed by atoms with Crippen molar-refractivity contribution in [3.05, 3.63) is 45.7 Å². The molecule has 0 saturated heterocycles. The molecule has 7 nitrogen and oxygen atoms in total. The van der Waals surface area contributed by atoms with Gasteiger partial charge in [-0.05, 0) is 19.1 Å². The van der Waals surface area contributed by atoms with E-state index in [0.29, 0.717) is 11.6 Å². The number of carbonyl (C=O) groups excluding carboxylic acids is 1. The van der Waals surface area contributed by atoms with Gasteiger partial charge < -0.3 is 4.74 Å². The average molecular weight is 330 g/mol. The molecule has 2 heterocycles. The molecule has 0 atom stereocenters. The Bertz CT molecular complexity index is 932. The number of fused-ring (bicyclic) bond motifs is 1. The maximum absolute atomic E-state index is 12.2. The van der Waals surface area contributed by atoms with Crippen LogP contribution in [0.2, 0.25) is 0 Å². The quantitative estimate of drug-likeness (QED) is 0.788. The Kier molecular flexibility index (Phi) is 4.07. The number of rotatable bonds is 4. The second-order valence-corrected chi connectivity index (χ2v) is 5.84. The van der Waals surface area contributed by atoms with Crippen LogP contribution in [0, 0.1) is 6.92 Å². The van der Waals surface area contributed by atoms with Gasteiger partial charge in [-0.3, -0.25) is 19.5 Å². The van der Waals surface area contributed by atoms with E-state index >= 15 is 0 Å². The average Bonchev–Trinajstić information content (AvgIpc) is 2.82. The summed E-state index contributed by atoms with van der Waals surface area (Å²) in [5.41, 5.74) is 1.41. The number of hydrogen-bond acceptors (Lipinski definition) is 6. The molecule has 118 valence electrons. The summed E-state index contributed by atoms with van der Waals surface area (Å²) in [5.74, 6) is 0.147. The topological polar surface area (TPSA) is 86.1 Å². The van der Waals surface area contributed by atoms with Crippen LogP contribution in [-0.2, 0) is 11.3 Å². The highest BCUT2D eigenvalue weighted by molar-refractivity contribution is 7.16. The van der Waals surface area contributed by atoms with Gasteiger partial charge in [0.15, 0.2) is 0 Å². The van der Waals surface area contributed by atoms with Gasteiger partial charge in [-0.2, -0.15) is 4.98 Å². The lowest BCUT2D eigenvalue weighted by Crippen LogP contribution is -2.25. The van der Waals surface area contributed by atoms with E-state index in [0.717, 1.165) is 21.6 Å². The van der Waals surface area contributed by atoms with Crippen molar-refractivity contribution in [1.29, 1.82) is 0 Å². The number of anilines is 1. The Balaban J connectivity index is 1.83. The first-order valence-corrected chi connectivity index (χ1v) is 7.66. The summed E-state index contributed by atoms with van der Waals surface area (Å²) in [6.07, 6.45) is 0. The van der Waals surface area contributed by atoms with Gasteiger partial charge in [-0.25, -0.2) is 4.98 Å². The number of hydrogen-bond donors (Lipinski definition) is 1. The number of methoxy groups -OCH3 is 1. The van der Waals surface area contributed by atoms with Crippen molar-refractivity contribution in [3.63, 3.8) is 0 Å². The molecule has 3 aromatic rings. The number of benzene rings is 1. The first kappa shape index (κ1) is 15.2. The van der Waals surface area contributed by atoms with Gasteiger partial charge >= 0.3 is 4.87 Å². The van der Waals surface area contributed by atoms with E-state index < -0.39 is 0 Å². The zero-order valence-corrected chi connectivity index (χ0v) is 13.4. The van der Waals surface area contributed by atoms with E-state index in [1.165, 1.54) is 11.7 Å². The third-order valence-electron chi connectivity index (χ3n) is 3.17. The minimum absolute atomic E-state index is 0.0948. The minimum Gasteiger partial charge on any atom is -0.481 e. The fourth-order valence-electron chi connectivity index (χ4n) is 2.17. The number of thiazole rings is 1. The molecule has 8 heteroatoms. The third kappa shape index (κ3) is 3.21. The predicted octanol–water partition coefficient (Wildman–Crippen LogP) is 1.81. The normalized spacial score (nSPS) is 10.7. The van der Waals surface area contributed by atoms with Gasteiger partial charge in [0.05, 0.1) is 17.3 Å². The largest absolute Gasteiger partial charge is 0.481 e. The van der Waals surface area contributed by atoms with E-state index in [2.05, 4.69) is 15.3 Å². The maximum Gasteiger partial charge on any atom is 0.308 e. The summed E-state index contributed by atoms with van der Waals surface area (Å²) in [5, 5.41) is 2.59. The summed E-state index contributed by atoms with van der Waals surface area (Å²) >= 11 is 1.11. The van der Waals surface area contributed by atoms with E-state index in [4.69, 9.17) is 4.74 Å². The van der Waals surface area contributed by atoms with Crippen molar-refractivity contribution in [2.24, 2.45) is 0 Å². The second kappa shape index (κ2) is 6.17. The fourth-order valence-corrected chi connectivity index (χ4v) is 3.06. The third-order valence-corrected chi connectivity index (χ3v) is 4.13. The van der Waals surface area contributed by atoms with E-state index in [9.17, 15) is 9.59 Å². The van der Waals surface area contributed by atoms with Crippen molar-refractivity contribution in [2.45, 2.75) is 13.5 Å². The van der Waals surface area contributed by atoms with Crippen molar-refractivity contribution in [3.8, 4) is 5.88 Å². The van der Waals surface area contributed by atoms with Crippen LogP contribution in [0.3, 0.4) is 0 Å². The SMILES string of the molecule is COc1cc(C)nc(NC(=O)Cn2c(=O)sc3ccccc32)n1. The molecule has 0 aliphatic carbocycles. The standard InChI is InChI=1S/C15H14N4O3S/c1-9-7-13(22-2)18-14(16-9)17-12(20)8-19-10-5-3-4-6-11(10)23-15(19)21/h3-7H,8H2,1-2H3,(H,16,17,18,20). The Hall–Kier alpha value is -2.74. The number of carbonyl (C=O) groups is 1. The molecule has 3 rings (SSSR count). The molecule has 0 aliphatic rings. The summed E-state index contributed by atoms with van der Waals surface area (Å²) in [6.45, 7) is 1.68. The lowest BCUT2D eigenvalue weighted by atomic mass is 10.3. The molecule has 0 radical (unpaired) electrons. The minimum atomic E-state index is -0.372. The van der Waals surface area contributed by atoms with Crippen molar-refractivity contribution >= 4 is 33.4 Å². The molecule has 0 aliphatic heterocycles. The zero-order valence-electron chi connectivity index (χ0n) is 12.6. The maximum atomic E-state index is 12.2. The lowest BCUT2D eigenvalue weighted by Gasteiger charge is -2.07. The van der Waals surface area contributed by atoms with Gasteiger partial charge in [0.2, 0.25) is 17.7 Å². The fraction of sp³-hybridized carbons (Fsp3) is 0.200. The Morgan fingerprint density at radius 2 is 2.13 bits per heavy atom. The Labute approximate surface area is 135 Å².